The number of aromatic hydroxyl groups is 1. The minimum Gasteiger partial charge on any atom is -0.492 e. The third-order valence-corrected chi connectivity index (χ3v) is 3.33. The van der Waals surface area contributed by atoms with Crippen LogP contribution in [0.5, 0.6) is 5.88 Å². The molecule has 11 heteroatoms. The van der Waals surface area contributed by atoms with Crippen LogP contribution in [0.15, 0.2) is 6.33 Å². The maximum absolute atomic E-state index is 10.0. The molecule has 0 spiro atoms. The third kappa shape index (κ3) is 1.99. The van der Waals surface area contributed by atoms with Crippen molar-refractivity contribution in [3.63, 3.8) is 0 Å². The van der Waals surface area contributed by atoms with Crippen LogP contribution < -0.4 is 5.48 Å². The Kier molecular flexibility index (Phi) is 3.35. The number of anilines is 1. The third-order valence-electron chi connectivity index (χ3n) is 3.33. The molecule has 1 saturated heterocycles. The molecule has 1 fully saturated rings. The summed E-state index contributed by atoms with van der Waals surface area (Å²) in [6.07, 6.45) is -3.79. The Morgan fingerprint density at radius 2 is 2.05 bits per heavy atom. The van der Waals surface area contributed by atoms with Crippen LogP contribution >= 0.6 is 0 Å². The van der Waals surface area contributed by atoms with Gasteiger partial charge in [0.15, 0.2) is 17.4 Å². The van der Waals surface area contributed by atoms with Crippen molar-refractivity contribution in [3.8, 4) is 5.88 Å². The standard InChI is InChI=1S/C10H13N5O6/c16-1-3-5(17)6(18)9(21-3)15-7-4(13-10(15)14-20)8(19)12-2-11-7/h2-3,5-6,9,16-18,20H,1H2,(H,13,14)(H,11,12,19). The quantitative estimate of drug-likeness (QED) is 0.347. The van der Waals surface area contributed by atoms with Gasteiger partial charge in [-0.05, 0) is 0 Å². The predicted molar refractivity (Wildman–Crippen MR) is 65.4 cm³/mol. The molecule has 6 N–H and O–H groups in total. The van der Waals surface area contributed by atoms with E-state index in [0.29, 0.717) is 0 Å². The van der Waals surface area contributed by atoms with Gasteiger partial charge >= 0.3 is 0 Å². The zero-order valence-electron chi connectivity index (χ0n) is 10.5. The van der Waals surface area contributed by atoms with Gasteiger partial charge in [-0.15, -0.1) is 0 Å². The second kappa shape index (κ2) is 5.05. The molecule has 0 saturated carbocycles. The molecule has 0 amide bonds. The number of hydrogen-bond donors (Lipinski definition) is 6. The molecule has 0 radical (unpaired) electrons. The van der Waals surface area contributed by atoms with Crippen molar-refractivity contribution in [1.29, 1.82) is 0 Å². The van der Waals surface area contributed by atoms with E-state index in [1.54, 1.807) is 5.48 Å². The second-order valence-corrected chi connectivity index (χ2v) is 4.52. The molecule has 2 aromatic rings. The summed E-state index contributed by atoms with van der Waals surface area (Å²) >= 11 is 0. The van der Waals surface area contributed by atoms with Gasteiger partial charge in [0.05, 0.1) is 6.61 Å². The number of aromatic nitrogens is 4. The summed E-state index contributed by atoms with van der Waals surface area (Å²) in [4.78, 5) is 11.3. The molecule has 0 aliphatic carbocycles. The first-order valence-corrected chi connectivity index (χ1v) is 6.03. The molecule has 11 nitrogen and oxygen atoms in total. The fourth-order valence-corrected chi connectivity index (χ4v) is 2.31. The molecule has 114 valence electrons. The number of aliphatic hydroxyl groups is 3. The fraction of sp³-hybridized carbons (Fsp3) is 0.500. The van der Waals surface area contributed by atoms with Gasteiger partial charge in [-0.2, -0.15) is 4.98 Å². The van der Waals surface area contributed by atoms with Crippen LogP contribution in [0.25, 0.3) is 11.2 Å². The van der Waals surface area contributed by atoms with E-state index in [0.717, 1.165) is 10.9 Å². The number of ether oxygens (including phenoxy) is 1. The zero-order valence-corrected chi connectivity index (χ0v) is 10.5. The summed E-state index contributed by atoms with van der Waals surface area (Å²) in [5.41, 5.74) is 1.85. The van der Waals surface area contributed by atoms with Gasteiger partial charge in [-0.25, -0.2) is 15.4 Å². The van der Waals surface area contributed by atoms with Crippen LogP contribution in [-0.4, -0.2) is 70.1 Å². The number of nitrogens with zero attached hydrogens (tertiary/aromatic N) is 4. The lowest BCUT2D eigenvalue weighted by Gasteiger charge is -2.18. The molecule has 0 aromatic carbocycles. The van der Waals surface area contributed by atoms with E-state index in [2.05, 4.69) is 15.0 Å². The van der Waals surface area contributed by atoms with Crippen molar-refractivity contribution in [2.24, 2.45) is 0 Å². The molecular weight excluding hydrogens is 286 g/mol. The fourth-order valence-electron chi connectivity index (χ4n) is 2.31. The maximum atomic E-state index is 10.0. The Balaban J connectivity index is 2.14. The highest BCUT2D eigenvalue weighted by atomic mass is 16.6. The average molecular weight is 299 g/mol. The summed E-state index contributed by atoms with van der Waals surface area (Å²) in [6, 6.07) is 0. The highest BCUT2D eigenvalue weighted by Gasteiger charge is 2.45. The second-order valence-electron chi connectivity index (χ2n) is 4.52. The van der Waals surface area contributed by atoms with Crippen LogP contribution in [-0.2, 0) is 4.74 Å². The Bertz CT molecular complexity index is 663. The normalized spacial score (nSPS) is 29.1. The minimum absolute atomic E-state index is 0.0215. The summed E-state index contributed by atoms with van der Waals surface area (Å²) in [5, 5.41) is 47.7. The van der Waals surface area contributed by atoms with E-state index in [-0.39, 0.29) is 17.1 Å². The molecular formula is C10H13N5O6. The topological polar surface area (TPSA) is 166 Å². The molecule has 3 heterocycles. The first-order valence-electron chi connectivity index (χ1n) is 6.03. The molecule has 21 heavy (non-hydrogen) atoms. The van der Waals surface area contributed by atoms with E-state index in [9.17, 15) is 15.3 Å². The zero-order chi connectivity index (χ0) is 15.1. The van der Waals surface area contributed by atoms with Crippen molar-refractivity contribution in [3.05, 3.63) is 6.33 Å². The Morgan fingerprint density at radius 1 is 1.29 bits per heavy atom. The monoisotopic (exact) mass is 299 g/mol. The highest BCUT2D eigenvalue weighted by Crippen LogP contribution is 2.35. The summed E-state index contributed by atoms with van der Waals surface area (Å²) in [5.74, 6) is -0.586. The lowest BCUT2D eigenvalue weighted by atomic mass is 10.1. The van der Waals surface area contributed by atoms with Crippen LogP contribution in [0.3, 0.4) is 0 Å². The Hall–Kier alpha value is -2.05. The number of rotatable bonds is 3. The Morgan fingerprint density at radius 3 is 2.67 bits per heavy atom. The first-order chi connectivity index (χ1) is 10.1. The van der Waals surface area contributed by atoms with E-state index in [1.165, 1.54) is 0 Å². The number of aliphatic hydroxyl groups excluding tert-OH is 3. The molecule has 0 bridgehead atoms. The summed E-state index contributed by atoms with van der Waals surface area (Å²) < 4.78 is 6.50. The molecule has 4 unspecified atom stereocenters. The summed E-state index contributed by atoms with van der Waals surface area (Å²) in [6.45, 7) is -0.497. The van der Waals surface area contributed by atoms with Gasteiger partial charge in [-0.1, -0.05) is 0 Å². The average Bonchev–Trinajstić information content (AvgIpc) is 2.99. The predicted octanol–water partition coefficient (Wildman–Crippen LogP) is -2.06. The molecule has 3 rings (SSSR count). The van der Waals surface area contributed by atoms with E-state index >= 15 is 0 Å². The van der Waals surface area contributed by atoms with Crippen LogP contribution in [0.4, 0.5) is 5.95 Å². The van der Waals surface area contributed by atoms with E-state index < -0.39 is 37.0 Å². The molecule has 2 aromatic heterocycles. The molecule has 1 aliphatic rings. The Labute approximate surface area is 117 Å². The van der Waals surface area contributed by atoms with Crippen LogP contribution in [0.1, 0.15) is 6.23 Å². The van der Waals surface area contributed by atoms with E-state index in [1.807, 2.05) is 0 Å². The van der Waals surface area contributed by atoms with Gasteiger partial charge in [0.25, 0.3) is 0 Å². The lowest BCUT2D eigenvalue weighted by Crippen LogP contribution is -2.33. The lowest BCUT2D eigenvalue weighted by molar-refractivity contribution is -0.0505. The van der Waals surface area contributed by atoms with Crippen molar-refractivity contribution in [1.82, 2.24) is 19.5 Å². The number of hydrogen-bond acceptors (Lipinski definition) is 10. The van der Waals surface area contributed by atoms with Crippen molar-refractivity contribution in [2.75, 3.05) is 12.1 Å². The maximum Gasteiger partial charge on any atom is 0.243 e. The van der Waals surface area contributed by atoms with Gasteiger partial charge in [-0.3, -0.25) is 9.77 Å². The number of imidazole rings is 1. The van der Waals surface area contributed by atoms with Gasteiger partial charge in [0.2, 0.25) is 11.8 Å². The molecule has 1 aliphatic heterocycles. The van der Waals surface area contributed by atoms with Gasteiger partial charge in [0, 0.05) is 0 Å². The minimum atomic E-state index is -1.39. The highest BCUT2D eigenvalue weighted by molar-refractivity contribution is 5.79. The number of fused-ring (bicyclic) bond motifs is 1. The summed E-state index contributed by atoms with van der Waals surface area (Å²) in [7, 11) is 0. The van der Waals surface area contributed by atoms with E-state index in [4.69, 9.17) is 15.1 Å². The number of nitrogens with one attached hydrogen (secondary N) is 1. The van der Waals surface area contributed by atoms with Gasteiger partial charge in [0.1, 0.15) is 24.6 Å². The smallest absolute Gasteiger partial charge is 0.243 e. The first kappa shape index (κ1) is 13.9. The SMILES string of the molecule is OCC1OC(n2c(NO)nc3c(O)ncnc32)C(O)C1O. The van der Waals surface area contributed by atoms with Crippen molar-refractivity contribution < 1.29 is 30.4 Å². The van der Waals surface area contributed by atoms with Crippen molar-refractivity contribution >= 4 is 17.1 Å². The van der Waals surface area contributed by atoms with Crippen molar-refractivity contribution in [2.45, 2.75) is 24.5 Å². The van der Waals surface area contributed by atoms with Gasteiger partial charge < -0.3 is 25.2 Å². The van der Waals surface area contributed by atoms with Crippen LogP contribution in [0.2, 0.25) is 0 Å². The molecule has 4 atom stereocenters. The largest absolute Gasteiger partial charge is 0.492 e. The van der Waals surface area contributed by atoms with Crippen LogP contribution in [0, 0.1) is 0 Å².